The van der Waals surface area contributed by atoms with E-state index in [0.29, 0.717) is 0 Å². The number of anilines is 2. The molecule has 2 aromatic carbocycles. The van der Waals surface area contributed by atoms with Crippen molar-refractivity contribution in [1.29, 1.82) is 0 Å². The van der Waals surface area contributed by atoms with E-state index in [9.17, 15) is 0 Å². The molecule has 116 valence electrons. The first-order chi connectivity index (χ1) is 11.9. The van der Waals surface area contributed by atoms with Gasteiger partial charge in [-0.3, -0.25) is 0 Å². The van der Waals surface area contributed by atoms with E-state index in [1.54, 1.807) is 17.7 Å². The quantitative estimate of drug-likeness (QED) is 0.515. The zero-order valence-corrected chi connectivity index (χ0v) is 13.8. The molecule has 1 aliphatic heterocycles. The maximum atomic E-state index is 4.62. The van der Waals surface area contributed by atoms with Crippen LogP contribution in [0.1, 0.15) is 5.56 Å². The average Bonchev–Trinajstić information content (AvgIpc) is 3.26. The van der Waals surface area contributed by atoms with Crippen molar-refractivity contribution in [2.75, 3.05) is 11.4 Å². The molecule has 24 heavy (non-hydrogen) atoms. The Morgan fingerprint density at radius 2 is 1.75 bits per heavy atom. The van der Waals surface area contributed by atoms with Crippen molar-refractivity contribution in [3.05, 3.63) is 72.6 Å². The van der Waals surface area contributed by atoms with Gasteiger partial charge in [0.05, 0.1) is 5.39 Å². The molecule has 1 aliphatic rings. The molecule has 4 heteroatoms. The Morgan fingerprint density at radius 3 is 2.67 bits per heavy atom. The molecule has 3 heterocycles. The lowest BCUT2D eigenvalue weighted by Crippen LogP contribution is -2.15. The van der Waals surface area contributed by atoms with E-state index in [4.69, 9.17) is 0 Å². The fraction of sp³-hybridized carbons (Fsp3) is 0.100. The molecule has 0 saturated heterocycles. The molecule has 0 N–H and O–H groups in total. The van der Waals surface area contributed by atoms with E-state index in [1.165, 1.54) is 21.7 Å². The van der Waals surface area contributed by atoms with Crippen molar-refractivity contribution >= 4 is 33.1 Å². The topological polar surface area (TPSA) is 29.0 Å². The highest BCUT2D eigenvalue weighted by atomic mass is 32.1. The van der Waals surface area contributed by atoms with Gasteiger partial charge in [0, 0.05) is 17.1 Å². The van der Waals surface area contributed by atoms with Crippen LogP contribution >= 0.6 is 11.3 Å². The first-order valence-corrected chi connectivity index (χ1v) is 8.87. The summed E-state index contributed by atoms with van der Waals surface area (Å²) in [5, 5.41) is 1.14. The summed E-state index contributed by atoms with van der Waals surface area (Å²) < 4.78 is 0. The number of benzene rings is 2. The Morgan fingerprint density at radius 1 is 0.917 bits per heavy atom. The van der Waals surface area contributed by atoms with Crippen LogP contribution in [0.5, 0.6) is 0 Å². The summed E-state index contributed by atoms with van der Waals surface area (Å²) in [6.45, 7) is 0.974. The molecule has 2 aromatic heterocycles. The zero-order chi connectivity index (χ0) is 15.9. The zero-order valence-electron chi connectivity index (χ0n) is 13.0. The van der Waals surface area contributed by atoms with Gasteiger partial charge in [0.2, 0.25) is 0 Å². The first kappa shape index (κ1) is 13.7. The Kier molecular flexibility index (Phi) is 3.10. The SMILES string of the molecule is c1ccc(-c2cc3c(N4CCc5ccccc54)ncnc3s2)cc1. The van der Waals surface area contributed by atoms with Crippen LogP contribution in [-0.4, -0.2) is 16.5 Å². The molecule has 3 nitrogen and oxygen atoms in total. The van der Waals surface area contributed by atoms with Crippen LogP contribution in [0.4, 0.5) is 11.5 Å². The number of fused-ring (bicyclic) bond motifs is 2. The Hall–Kier alpha value is -2.72. The second-order valence-electron chi connectivity index (χ2n) is 5.92. The van der Waals surface area contributed by atoms with Crippen LogP contribution in [0.2, 0.25) is 0 Å². The Bertz CT molecular complexity index is 1020. The number of para-hydroxylation sites is 1. The summed E-state index contributed by atoms with van der Waals surface area (Å²) in [5.41, 5.74) is 3.89. The fourth-order valence-corrected chi connectivity index (χ4v) is 4.36. The minimum atomic E-state index is 0.974. The molecule has 0 amide bonds. The second kappa shape index (κ2) is 5.42. The van der Waals surface area contributed by atoms with Gasteiger partial charge in [0.1, 0.15) is 17.0 Å². The van der Waals surface area contributed by atoms with Gasteiger partial charge in [0.25, 0.3) is 0 Å². The lowest BCUT2D eigenvalue weighted by atomic mass is 10.1. The van der Waals surface area contributed by atoms with Crippen molar-refractivity contribution < 1.29 is 0 Å². The third-order valence-electron chi connectivity index (χ3n) is 4.51. The highest BCUT2D eigenvalue weighted by molar-refractivity contribution is 7.21. The maximum Gasteiger partial charge on any atom is 0.145 e. The summed E-state index contributed by atoms with van der Waals surface area (Å²) in [7, 11) is 0. The van der Waals surface area contributed by atoms with Gasteiger partial charge in [-0.15, -0.1) is 11.3 Å². The van der Waals surface area contributed by atoms with Gasteiger partial charge in [-0.25, -0.2) is 9.97 Å². The normalized spacial score (nSPS) is 13.4. The van der Waals surface area contributed by atoms with Crippen LogP contribution in [0.25, 0.3) is 20.7 Å². The van der Waals surface area contributed by atoms with Gasteiger partial charge in [-0.1, -0.05) is 48.5 Å². The van der Waals surface area contributed by atoms with Crippen LogP contribution < -0.4 is 4.90 Å². The smallest absolute Gasteiger partial charge is 0.145 e. The van der Waals surface area contributed by atoms with Crippen molar-refractivity contribution in [1.82, 2.24) is 9.97 Å². The van der Waals surface area contributed by atoms with Crippen LogP contribution in [0.3, 0.4) is 0 Å². The predicted molar refractivity (Wildman–Crippen MR) is 100 cm³/mol. The molecule has 0 atom stereocenters. The number of aromatic nitrogens is 2. The number of hydrogen-bond acceptors (Lipinski definition) is 4. The minimum Gasteiger partial charge on any atom is -0.325 e. The second-order valence-corrected chi connectivity index (χ2v) is 6.95. The number of hydrogen-bond donors (Lipinski definition) is 0. The Balaban J connectivity index is 1.67. The van der Waals surface area contributed by atoms with Gasteiger partial charge in [0.15, 0.2) is 0 Å². The molecule has 0 saturated carbocycles. The lowest BCUT2D eigenvalue weighted by molar-refractivity contribution is 0.975. The number of thiophene rings is 1. The molecule has 0 radical (unpaired) electrons. The summed E-state index contributed by atoms with van der Waals surface area (Å²) in [6, 6.07) is 21.3. The standard InChI is InChI=1S/C20H15N3S/c1-2-7-15(8-3-1)18-12-16-19(21-13-22-20(16)24-18)23-11-10-14-6-4-5-9-17(14)23/h1-9,12-13H,10-11H2. The fourth-order valence-electron chi connectivity index (χ4n) is 3.36. The molecule has 5 rings (SSSR count). The van der Waals surface area contributed by atoms with E-state index in [-0.39, 0.29) is 0 Å². The molecule has 0 spiro atoms. The van der Waals surface area contributed by atoms with Crippen molar-refractivity contribution in [3.63, 3.8) is 0 Å². The van der Waals surface area contributed by atoms with Crippen molar-refractivity contribution in [2.24, 2.45) is 0 Å². The molecule has 0 unspecified atom stereocenters. The molecular weight excluding hydrogens is 314 g/mol. The summed E-state index contributed by atoms with van der Waals surface area (Å²) in [5.74, 6) is 1.02. The van der Waals surface area contributed by atoms with E-state index in [1.807, 2.05) is 6.07 Å². The monoisotopic (exact) mass is 329 g/mol. The van der Waals surface area contributed by atoms with E-state index >= 15 is 0 Å². The summed E-state index contributed by atoms with van der Waals surface area (Å²) >= 11 is 1.73. The Labute approximate surface area is 144 Å². The number of nitrogens with zero attached hydrogens (tertiary/aromatic N) is 3. The van der Waals surface area contributed by atoms with Crippen LogP contribution in [0, 0.1) is 0 Å². The van der Waals surface area contributed by atoms with Crippen molar-refractivity contribution in [2.45, 2.75) is 6.42 Å². The first-order valence-electron chi connectivity index (χ1n) is 8.05. The minimum absolute atomic E-state index is 0.974. The molecule has 4 aromatic rings. The van der Waals surface area contributed by atoms with E-state index in [0.717, 1.165) is 29.0 Å². The van der Waals surface area contributed by atoms with Crippen LogP contribution in [-0.2, 0) is 6.42 Å². The van der Waals surface area contributed by atoms with Crippen LogP contribution in [0.15, 0.2) is 67.0 Å². The number of rotatable bonds is 2. The molecule has 0 bridgehead atoms. The summed E-state index contributed by atoms with van der Waals surface area (Å²) in [4.78, 5) is 13.7. The lowest BCUT2D eigenvalue weighted by Gasteiger charge is -2.18. The van der Waals surface area contributed by atoms with Gasteiger partial charge < -0.3 is 4.90 Å². The average molecular weight is 329 g/mol. The maximum absolute atomic E-state index is 4.62. The highest BCUT2D eigenvalue weighted by Crippen LogP contribution is 2.40. The molecular formula is C20H15N3S. The summed E-state index contributed by atoms with van der Waals surface area (Å²) in [6.07, 6.45) is 2.75. The largest absolute Gasteiger partial charge is 0.325 e. The van der Waals surface area contributed by atoms with Gasteiger partial charge >= 0.3 is 0 Å². The van der Waals surface area contributed by atoms with E-state index < -0.39 is 0 Å². The highest BCUT2D eigenvalue weighted by Gasteiger charge is 2.23. The molecule has 0 fully saturated rings. The molecule has 0 aliphatic carbocycles. The van der Waals surface area contributed by atoms with Gasteiger partial charge in [-0.2, -0.15) is 0 Å². The van der Waals surface area contributed by atoms with E-state index in [2.05, 4.69) is 69.5 Å². The third kappa shape index (κ3) is 2.11. The van der Waals surface area contributed by atoms with Crippen molar-refractivity contribution in [3.8, 4) is 10.4 Å². The van der Waals surface area contributed by atoms with Gasteiger partial charge in [-0.05, 0) is 29.7 Å². The predicted octanol–water partition coefficient (Wildman–Crippen LogP) is 5.05. The third-order valence-corrected chi connectivity index (χ3v) is 5.60.